The SMILES string of the molecule is O=C1c2cnc3[nH]ncc3c2C(=O)N1CC1CCCO1. The van der Waals surface area contributed by atoms with Crippen LogP contribution in [0.5, 0.6) is 0 Å². The molecule has 4 heterocycles. The van der Waals surface area contributed by atoms with Crippen LogP contribution >= 0.6 is 0 Å². The number of nitrogens with zero attached hydrogens (tertiary/aromatic N) is 3. The van der Waals surface area contributed by atoms with Gasteiger partial charge < -0.3 is 4.74 Å². The van der Waals surface area contributed by atoms with E-state index in [0.717, 1.165) is 12.8 Å². The third-order valence-electron chi connectivity index (χ3n) is 3.83. The highest BCUT2D eigenvalue weighted by atomic mass is 16.5. The van der Waals surface area contributed by atoms with Crippen molar-refractivity contribution in [2.24, 2.45) is 0 Å². The Hall–Kier alpha value is -2.28. The number of imide groups is 1. The van der Waals surface area contributed by atoms with E-state index in [1.54, 1.807) is 0 Å². The van der Waals surface area contributed by atoms with Crippen LogP contribution in [0.15, 0.2) is 12.4 Å². The van der Waals surface area contributed by atoms with E-state index in [-0.39, 0.29) is 17.9 Å². The van der Waals surface area contributed by atoms with Crippen molar-refractivity contribution in [3.05, 3.63) is 23.5 Å². The van der Waals surface area contributed by atoms with E-state index >= 15 is 0 Å². The summed E-state index contributed by atoms with van der Waals surface area (Å²) in [6.45, 7) is 1.01. The number of aromatic nitrogens is 3. The second kappa shape index (κ2) is 4.11. The molecule has 2 aromatic heterocycles. The van der Waals surface area contributed by atoms with Gasteiger partial charge in [-0.2, -0.15) is 5.10 Å². The van der Waals surface area contributed by atoms with Crippen LogP contribution in [0.4, 0.5) is 0 Å². The number of hydrogen-bond acceptors (Lipinski definition) is 5. The highest BCUT2D eigenvalue weighted by Gasteiger charge is 2.39. The Morgan fingerprint density at radius 3 is 3.05 bits per heavy atom. The van der Waals surface area contributed by atoms with Crippen molar-refractivity contribution in [2.75, 3.05) is 13.2 Å². The number of aromatic amines is 1. The van der Waals surface area contributed by atoms with Crippen molar-refractivity contribution in [2.45, 2.75) is 18.9 Å². The fourth-order valence-corrected chi connectivity index (χ4v) is 2.82. The first-order valence-corrected chi connectivity index (χ1v) is 6.55. The smallest absolute Gasteiger partial charge is 0.263 e. The van der Waals surface area contributed by atoms with E-state index in [2.05, 4.69) is 15.2 Å². The number of amides is 2. The van der Waals surface area contributed by atoms with Crippen LogP contribution in [0.1, 0.15) is 33.6 Å². The average Bonchev–Trinajstić information content (AvgIpc) is 3.15. The number of fused-ring (bicyclic) bond motifs is 3. The molecule has 2 amide bonds. The summed E-state index contributed by atoms with van der Waals surface area (Å²) in [5.74, 6) is -0.578. The van der Waals surface area contributed by atoms with Gasteiger partial charge >= 0.3 is 0 Å². The standard InChI is InChI=1S/C13H12N4O3/c18-12-9-4-14-11-8(5-15-16-11)10(9)13(19)17(12)6-7-2-1-3-20-7/h4-5,7H,1-3,6H2,(H,14,15,16). The summed E-state index contributed by atoms with van der Waals surface area (Å²) in [6, 6.07) is 0. The van der Waals surface area contributed by atoms with Crippen molar-refractivity contribution in [1.82, 2.24) is 20.1 Å². The molecule has 2 aromatic rings. The summed E-state index contributed by atoms with van der Waals surface area (Å²) in [5.41, 5.74) is 1.26. The summed E-state index contributed by atoms with van der Waals surface area (Å²) in [7, 11) is 0. The molecule has 7 nitrogen and oxygen atoms in total. The molecule has 0 bridgehead atoms. The fraction of sp³-hybridized carbons (Fsp3) is 0.385. The van der Waals surface area contributed by atoms with E-state index in [1.807, 2.05) is 0 Å². The van der Waals surface area contributed by atoms with E-state index in [9.17, 15) is 9.59 Å². The predicted molar refractivity (Wildman–Crippen MR) is 68.2 cm³/mol. The summed E-state index contributed by atoms with van der Waals surface area (Å²) in [4.78, 5) is 30.2. The lowest BCUT2D eigenvalue weighted by molar-refractivity contribution is 0.0476. The summed E-state index contributed by atoms with van der Waals surface area (Å²) in [6.07, 6.45) is 4.77. The summed E-state index contributed by atoms with van der Waals surface area (Å²) in [5, 5.41) is 7.17. The molecule has 102 valence electrons. The largest absolute Gasteiger partial charge is 0.376 e. The molecule has 20 heavy (non-hydrogen) atoms. The van der Waals surface area contributed by atoms with Crippen molar-refractivity contribution in [3.8, 4) is 0 Å². The highest BCUT2D eigenvalue weighted by molar-refractivity contribution is 6.25. The van der Waals surface area contributed by atoms with Gasteiger partial charge in [0.15, 0.2) is 5.65 Å². The Bertz CT molecular complexity index is 717. The third kappa shape index (κ3) is 1.50. The zero-order valence-electron chi connectivity index (χ0n) is 10.6. The van der Waals surface area contributed by atoms with Crippen LogP contribution in [0.25, 0.3) is 11.0 Å². The lowest BCUT2D eigenvalue weighted by Gasteiger charge is -2.17. The van der Waals surface area contributed by atoms with Gasteiger partial charge in [-0.05, 0) is 12.8 Å². The maximum absolute atomic E-state index is 12.5. The number of carbonyl (C=O) groups is 2. The zero-order valence-corrected chi connectivity index (χ0v) is 10.6. The van der Waals surface area contributed by atoms with Crippen molar-refractivity contribution < 1.29 is 14.3 Å². The molecule has 1 atom stereocenters. The van der Waals surface area contributed by atoms with E-state index in [0.29, 0.717) is 35.3 Å². The van der Waals surface area contributed by atoms with E-state index in [1.165, 1.54) is 17.3 Å². The normalized spacial score (nSPS) is 22.0. The van der Waals surface area contributed by atoms with Gasteiger partial charge in [-0.3, -0.25) is 19.6 Å². The number of carbonyl (C=O) groups excluding carboxylic acids is 2. The molecule has 1 saturated heterocycles. The first-order chi connectivity index (χ1) is 9.75. The molecular weight excluding hydrogens is 260 g/mol. The van der Waals surface area contributed by atoms with E-state index in [4.69, 9.17) is 4.74 Å². The molecule has 4 rings (SSSR count). The predicted octanol–water partition coefficient (Wildman–Crippen LogP) is 0.733. The molecule has 1 unspecified atom stereocenters. The second-order valence-electron chi connectivity index (χ2n) is 5.04. The molecule has 2 aliphatic rings. The minimum atomic E-state index is -0.295. The molecule has 0 spiro atoms. The third-order valence-corrected chi connectivity index (χ3v) is 3.83. The number of hydrogen-bond donors (Lipinski definition) is 1. The summed E-state index contributed by atoms with van der Waals surface area (Å²) < 4.78 is 5.50. The number of rotatable bonds is 2. The Morgan fingerprint density at radius 1 is 1.35 bits per heavy atom. The summed E-state index contributed by atoms with van der Waals surface area (Å²) >= 11 is 0. The molecule has 2 aliphatic heterocycles. The van der Waals surface area contributed by atoms with Gasteiger partial charge in [-0.15, -0.1) is 0 Å². The molecule has 0 radical (unpaired) electrons. The highest BCUT2D eigenvalue weighted by Crippen LogP contribution is 2.29. The Balaban J connectivity index is 1.75. The van der Waals surface area contributed by atoms with Crippen LogP contribution in [0.2, 0.25) is 0 Å². The molecule has 1 fully saturated rings. The maximum atomic E-state index is 12.5. The van der Waals surface area contributed by atoms with Gasteiger partial charge in [0.25, 0.3) is 11.8 Å². The minimum Gasteiger partial charge on any atom is -0.376 e. The number of nitrogens with one attached hydrogen (secondary N) is 1. The quantitative estimate of drug-likeness (QED) is 0.814. The van der Waals surface area contributed by atoms with Crippen molar-refractivity contribution in [1.29, 1.82) is 0 Å². The lowest BCUT2D eigenvalue weighted by atomic mass is 10.1. The Morgan fingerprint density at radius 2 is 2.25 bits per heavy atom. The first kappa shape index (κ1) is 11.5. The van der Waals surface area contributed by atoms with Crippen LogP contribution < -0.4 is 0 Å². The first-order valence-electron chi connectivity index (χ1n) is 6.55. The lowest BCUT2D eigenvalue weighted by Crippen LogP contribution is -2.36. The van der Waals surface area contributed by atoms with Gasteiger partial charge in [0.1, 0.15) is 0 Å². The molecule has 7 heteroatoms. The average molecular weight is 272 g/mol. The van der Waals surface area contributed by atoms with E-state index < -0.39 is 0 Å². The van der Waals surface area contributed by atoms with Crippen LogP contribution in [-0.4, -0.2) is 51.2 Å². The number of pyridine rings is 1. The number of ether oxygens (including phenoxy) is 1. The van der Waals surface area contributed by atoms with Crippen LogP contribution in [0, 0.1) is 0 Å². The number of H-pyrrole nitrogens is 1. The molecule has 0 aromatic carbocycles. The van der Waals surface area contributed by atoms with Crippen molar-refractivity contribution in [3.63, 3.8) is 0 Å². The van der Waals surface area contributed by atoms with Gasteiger partial charge in [0.2, 0.25) is 0 Å². The molecule has 0 saturated carbocycles. The molecule has 0 aliphatic carbocycles. The topological polar surface area (TPSA) is 88.2 Å². The van der Waals surface area contributed by atoms with Gasteiger partial charge in [-0.25, -0.2) is 4.98 Å². The zero-order chi connectivity index (χ0) is 13.7. The molecule has 1 N–H and O–H groups in total. The maximum Gasteiger partial charge on any atom is 0.263 e. The minimum absolute atomic E-state index is 0.0509. The Kier molecular flexibility index (Phi) is 2.37. The second-order valence-corrected chi connectivity index (χ2v) is 5.04. The van der Waals surface area contributed by atoms with Crippen LogP contribution in [-0.2, 0) is 4.74 Å². The molecular formula is C13H12N4O3. The van der Waals surface area contributed by atoms with Crippen molar-refractivity contribution >= 4 is 22.8 Å². The van der Waals surface area contributed by atoms with Crippen LogP contribution in [0.3, 0.4) is 0 Å². The Labute approximate surface area is 113 Å². The van der Waals surface area contributed by atoms with Gasteiger partial charge in [0.05, 0.1) is 35.4 Å². The van der Waals surface area contributed by atoms with Gasteiger partial charge in [-0.1, -0.05) is 0 Å². The van der Waals surface area contributed by atoms with Gasteiger partial charge in [0, 0.05) is 12.8 Å². The fourth-order valence-electron chi connectivity index (χ4n) is 2.82. The monoisotopic (exact) mass is 272 g/mol.